The molecule has 0 saturated carbocycles. The van der Waals surface area contributed by atoms with Gasteiger partial charge in [-0.25, -0.2) is 0 Å². The van der Waals surface area contributed by atoms with Crippen molar-refractivity contribution in [1.82, 2.24) is 0 Å². The van der Waals surface area contributed by atoms with Gasteiger partial charge >= 0.3 is 12.1 Å². The van der Waals surface area contributed by atoms with Gasteiger partial charge in [0.25, 0.3) is 0 Å². The van der Waals surface area contributed by atoms with Crippen LogP contribution in [-0.4, -0.2) is 25.3 Å². The standard InChI is InChI=1S/C15H14F3N5O2/c1-25-14(24)3-2-6-21-12-5-4-10(15(16,17)18)7-13(12)23-22-11(8-19)9-20/h4-5,7,21,23H,2-3,6H2,1H3. The van der Waals surface area contributed by atoms with Crippen molar-refractivity contribution < 1.29 is 22.7 Å². The number of anilines is 2. The molecule has 132 valence electrons. The Morgan fingerprint density at radius 2 is 1.96 bits per heavy atom. The Morgan fingerprint density at radius 1 is 1.28 bits per heavy atom. The number of nitrogens with one attached hydrogen (secondary N) is 2. The molecule has 1 rings (SSSR count). The van der Waals surface area contributed by atoms with Crippen LogP contribution in [0.3, 0.4) is 0 Å². The molecule has 0 aliphatic heterocycles. The van der Waals surface area contributed by atoms with Crippen molar-refractivity contribution in [2.75, 3.05) is 24.4 Å². The molecule has 10 heteroatoms. The number of benzene rings is 1. The number of alkyl halides is 3. The highest BCUT2D eigenvalue weighted by atomic mass is 19.4. The van der Waals surface area contributed by atoms with Crippen LogP contribution in [0, 0.1) is 22.7 Å². The zero-order valence-corrected chi connectivity index (χ0v) is 13.1. The van der Waals surface area contributed by atoms with Crippen molar-refractivity contribution in [3.8, 4) is 12.1 Å². The lowest BCUT2D eigenvalue weighted by Crippen LogP contribution is -2.10. The molecule has 0 fully saturated rings. The quantitative estimate of drug-likeness (QED) is 0.337. The predicted molar refractivity (Wildman–Crippen MR) is 83.5 cm³/mol. The molecule has 0 unspecified atom stereocenters. The van der Waals surface area contributed by atoms with Gasteiger partial charge in [0.2, 0.25) is 5.71 Å². The number of rotatable bonds is 7. The molecule has 2 N–H and O–H groups in total. The van der Waals surface area contributed by atoms with Gasteiger partial charge in [-0.15, -0.1) is 0 Å². The Balaban J connectivity index is 2.95. The van der Waals surface area contributed by atoms with Crippen molar-refractivity contribution in [2.24, 2.45) is 5.10 Å². The van der Waals surface area contributed by atoms with Gasteiger partial charge in [-0.2, -0.15) is 28.8 Å². The first-order chi connectivity index (χ1) is 11.8. The number of methoxy groups -OCH3 is 1. The molecule has 0 amide bonds. The van der Waals surface area contributed by atoms with E-state index in [-0.39, 0.29) is 17.8 Å². The topological polar surface area (TPSA) is 110 Å². The van der Waals surface area contributed by atoms with Crippen LogP contribution >= 0.6 is 0 Å². The summed E-state index contributed by atoms with van der Waals surface area (Å²) in [6, 6.07) is 5.86. The number of esters is 1. The van der Waals surface area contributed by atoms with Crippen LogP contribution in [-0.2, 0) is 15.7 Å². The highest BCUT2D eigenvalue weighted by Gasteiger charge is 2.31. The van der Waals surface area contributed by atoms with Crippen LogP contribution in [0.5, 0.6) is 0 Å². The fraction of sp³-hybridized carbons (Fsp3) is 0.333. The number of hydrogen-bond acceptors (Lipinski definition) is 7. The summed E-state index contributed by atoms with van der Waals surface area (Å²) in [5.41, 5.74) is 1.04. The Morgan fingerprint density at radius 3 is 2.52 bits per heavy atom. The third kappa shape index (κ3) is 6.39. The average molecular weight is 353 g/mol. The van der Waals surface area contributed by atoms with Crippen LogP contribution in [0.1, 0.15) is 18.4 Å². The fourth-order valence-electron chi connectivity index (χ4n) is 1.72. The lowest BCUT2D eigenvalue weighted by atomic mass is 10.1. The number of nitriles is 2. The van der Waals surface area contributed by atoms with Crippen LogP contribution in [0.4, 0.5) is 24.5 Å². The summed E-state index contributed by atoms with van der Waals surface area (Å²) in [6.45, 7) is 0.294. The Labute approximate surface area is 141 Å². The number of carbonyl (C=O) groups excluding carboxylic acids is 1. The summed E-state index contributed by atoms with van der Waals surface area (Å²) in [5, 5.41) is 23.6. The van der Waals surface area contributed by atoms with E-state index in [4.69, 9.17) is 10.5 Å². The lowest BCUT2D eigenvalue weighted by Gasteiger charge is -2.14. The van der Waals surface area contributed by atoms with Crippen LogP contribution in [0.15, 0.2) is 23.3 Å². The first-order valence-corrected chi connectivity index (χ1v) is 6.97. The molecule has 0 atom stereocenters. The number of hydrazone groups is 1. The molecule has 0 aliphatic carbocycles. The fourth-order valence-corrected chi connectivity index (χ4v) is 1.72. The summed E-state index contributed by atoms with van der Waals surface area (Å²) < 4.78 is 43.0. The molecule has 1 aromatic carbocycles. The third-order valence-corrected chi connectivity index (χ3v) is 2.95. The van der Waals surface area contributed by atoms with E-state index in [1.165, 1.54) is 25.3 Å². The molecule has 7 nitrogen and oxygen atoms in total. The van der Waals surface area contributed by atoms with Gasteiger partial charge in [0.15, 0.2) is 0 Å². The van der Waals surface area contributed by atoms with Crippen molar-refractivity contribution in [3.63, 3.8) is 0 Å². The van der Waals surface area contributed by atoms with Crippen LogP contribution in [0.25, 0.3) is 0 Å². The molecule has 0 saturated heterocycles. The minimum Gasteiger partial charge on any atom is -0.469 e. The maximum atomic E-state index is 12.8. The summed E-state index contributed by atoms with van der Waals surface area (Å²) in [7, 11) is 1.26. The second-order valence-electron chi connectivity index (χ2n) is 4.66. The summed E-state index contributed by atoms with van der Waals surface area (Å²) >= 11 is 0. The molecular weight excluding hydrogens is 339 g/mol. The largest absolute Gasteiger partial charge is 0.469 e. The van der Waals surface area contributed by atoms with E-state index in [0.29, 0.717) is 13.0 Å². The number of hydrogen-bond donors (Lipinski definition) is 2. The zero-order chi connectivity index (χ0) is 18.9. The van der Waals surface area contributed by atoms with Crippen molar-refractivity contribution in [2.45, 2.75) is 19.0 Å². The molecule has 1 aromatic rings. The SMILES string of the molecule is COC(=O)CCCNc1ccc(C(F)(F)F)cc1NN=C(C#N)C#N. The monoisotopic (exact) mass is 353 g/mol. The number of ether oxygens (including phenoxy) is 1. The average Bonchev–Trinajstić information content (AvgIpc) is 2.59. The number of nitrogens with zero attached hydrogens (tertiary/aromatic N) is 3. The second kappa shape index (κ2) is 9.13. The minimum absolute atomic E-state index is 0.0594. The lowest BCUT2D eigenvalue weighted by molar-refractivity contribution is -0.140. The van der Waals surface area contributed by atoms with Crippen molar-refractivity contribution in [3.05, 3.63) is 23.8 Å². The first kappa shape index (κ1) is 19.8. The van der Waals surface area contributed by atoms with Gasteiger partial charge in [0, 0.05) is 13.0 Å². The van der Waals surface area contributed by atoms with Crippen molar-refractivity contribution >= 4 is 23.1 Å². The molecule has 0 heterocycles. The molecule has 0 aromatic heterocycles. The normalized spacial score (nSPS) is 10.2. The number of halogens is 3. The van der Waals surface area contributed by atoms with E-state index in [2.05, 4.69) is 20.6 Å². The van der Waals surface area contributed by atoms with E-state index >= 15 is 0 Å². The summed E-state index contributed by atoms with van der Waals surface area (Å²) in [4.78, 5) is 11.0. The van der Waals surface area contributed by atoms with E-state index in [1.54, 1.807) is 0 Å². The maximum absolute atomic E-state index is 12.8. The molecular formula is C15H14F3N5O2. The Bertz CT molecular complexity index is 716. The highest BCUT2D eigenvalue weighted by molar-refractivity contribution is 6.10. The van der Waals surface area contributed by atoms with Gasteiger partial charge in [-0.05, 0) is 24.6 Å². The molecule has 25 heavy (non-hydrogen) atoms. The van der Waals surface area contributed by atoms with Gasteiger partial charge in [-0.3, -0.25) is 10.2 Å². The van der Waals surface area contributed by atoms with Gasteiger partial charge < -0.3 is 10.1 Å². The van der Waals surface area contributed by atoms with Crippen LogP contribution < -0.4 is 10.7 Å². The third-order valence-electron chi connectivity index (χ3n) is 2.95. The Kier molecular flexibility index (Phi) is 7.22. The zero-order valence-electron chi connectivity index (χ0n) is 13.1. The molecule has 0 spiro atoms. The van der Waals surface area contributed by atoms with E-state index in [9.17, 15) is 18.0 Å². The van der Waals surface area contributed by atoms with Gasteiger partial charge in [0.1, 0.15) is 12.1 Å². The van der Waals surface area contributed by atoms with Crippen LogP contribution in [0.2, 0.25) is 0 Å². The molecule has 0 bridgehead atoms. The minimum atomic E-state index is -4.56. The highest BCUT2D eigenvalue weighted by Crippen LogP contribution is 2.34. The van der Waals surface area contributed by atoms with E-state index < -0.39 is 23.4 Å². The van der Waals surface area contributed by atoms with E-state index in [0.717, 1.165) is 12.1 Å². The first-order valence-electron chi connectivity index (χ1n) is 6.97. The van der Waals surface area contributed by atoms with Gasteiger partial charge in [-0.1, -0.05) is 0 Å². The predicted octanol–water partition coefficient (Wildman–Crippen LogP) is 2.89. The maximum Gasteiger partial charge on any atom is 0.416 e. The van der Waals surface area contributed by atoms with E-state index in [1.807, 2.05) is 0 Å². The van der Waals surface area contributed by atoms with Gasteiger partial charge in [0.05, 0.1) is 24.0 Å². The summed E-state index contributed by atoms with van der Waals surface area (Å²) in [6.07, 6.45) is -4.01. The Hall–Kier alpha value is -3.27. The molecule has 0 radical (unpaired) electrons. The number of carbonyl (C=O) groups is 1. The summed E-state index contributed by atoms with van der Waals surface area (Å²) in [5.74, 6) is -0.398. The second-order valence-corrected chi connectivity index (χ2v) is 4.66. The molecule has 0 aliphatic rings. The smallest absolute Gasteiger partial charge is 0.416 e. The van der Waals surface area contributed by atoms with Crippen molar-refractivity contribution in [1.29, 1.82) is 10.5 Å².